The van der Waals surface area contributed by atoms with Crippen molar-refractivity contribution in [2.24, 2.45) is 0 Å². The van der Waals surface area contributed by atoms with Crippen LogP contribution in [-0.2, 0) is 13.1 Å². The van der Waals surface area contributed by atoms with Crippen LogP contribution in [0.4, 0.5) is 5.82 Å². The van der Waals surface area contributed by atoms with Gasteiger partial charge in [-0.2, -0.15) is 9.61 Å². The Morgan fingerprint density at radius 3 is 2.85 bits per heavy atom. The fourth-order valence-electron chi connectivity index (χ4n) is 4.77. The van der Waals surface area contributed by atoms with Crippen LogP contribution in [0.2, 0.25) is 0 Å². The minimum atomic E-state index is 0.303. The fraction of sp³-hybridized carbons (Fsp3) is 0.320. The lowest BCUT2D eigenvalue weighted by molar-refractivity contribution is 0.169. The zero-order chi connectivity index (χ0) is 22.9. The van der Waals surface area contributed by atoms with Crippen molar-refractivity contribution in [1.82, 2.24) is 24.5 Å². The molecule has 5 heterocycles. The molecule has 34 heavy (non-hydrogen) atoms. The molecule has 0 amide bonds. The molecular weight excluding hydrogens is 427 g/mol. The van der Waals surface area contributed by atoms with Crippen LogP contribution in [0.1, 0.15) is 35.6 Å². The summed E-state index contributed by atoms with van der Waals surface area (Å²) in [6.45, 7) is 3.80. The Hall–Kier alpha value is -3.59. The van der Waals surface area contributed by atoms with Gasteiger partial charge in [0, 0.05) is 54.9 Å². The van der Waals surface area contributed by atoms with E-state index in [-0.39, 0.29) is 0 Å². The zero-order valence-electron chi connectivity index (χ0n) is 18.9. The SMILES string of the molecule is [B]c1cnn2c(NCc3cccnc3)cc(C3CCN(Cc4cccc5c4OCO5)CC3)nc12. The number of pyridine rings is 1. The molecule has 2 radical (unpaired) electrons. The van der Waals surface area contributed by atoms with Gasteiger partial charge in [-0.25, -0.2) is 4.98 Å². The average Bonchev–Trinajstić information content (AvgIpc) is 3.51. The molecular formula is C25H25BN6O2. The Labute approximate surface area is 199 Å². The Balaban J connectivity index is 1.17. The summed E-state index contributed by atoms with van der Waals surface area (Å²) in [4.78, 5) is 11.6. The van der Waals surface area contributed by atoms with Crippen LogP contribution in [0.25, 0.3) is 5.65 Å². The van der Waals surface area contributed by atoms with Crippen molar-refractivity contribution in [1.29, 1.82) is 0 Å². The molecule has 2 aliphatic rings. The predicted molar refractivity (Wildman–Crippen MR) is 130 cm³/mol. The maximum Gasteiger partial charge on any atom is 0.231 e. The highest BCUT2D eigenvalue weighted by Crippen LogP contribution is 2.37. The lowest BCUT2D eigenvalue weighted by Crippen LogP contribution is -2.33. The molecule has 0 bridgehead atoms. The van der Waals surface area contributed by atoms with E-state index in [0.29, 0.717) is 30.4 Å². The van der Waals surface area contributed by atoms with Gasteiger partial charge in [0.05, 0.1) is 0 Å². The van der Waals surface area contributed by atoms with Gasteiger partial charge in [-0.15, -0.1) is 0 Å². The summed E-state index contributed by atoms with van der Waals surface area (Å²) in [6.07, 6.45) is 7.36. The van der Waals surface area contributed by atoms with E-state index in [1.165, 1.54) is 5.56 Å². The number of piperidine rings is 1. The Morgan fingerprint density at radius 1 is 1.09 bits per heavy atom. The molecule has 8 nitrogen and oxygen atoms in total. The van der Waals surface area contributed by atoms with Gasteiger partial charge in [-0.05, 0) is 49.1 Å². The van der Waals surface area contributed by atoms with Gasteiger partial charge >= 0.3 is 0 Å². The van der Waals surface area contributed by atoms with Gasteiger partial charge < -0.3 is 14.8 Å². The number of hydrogen-bond acceptors (Lipinski definition) is 7. The summed E-state index contributed by atoms with van der Waals surface area (Å²) in [7, 11) is 6.19. The van der Waals surface area contributed by atoms with E-state index in [1.807, 2.05) is 30.5 Å². The number of para-hydroxylation sites is 1. The number of nitrogens with one attached hydrogen (secondary N) is 1. The van der Waals surface area contributed by atoms with Crippen LogP contribution in [-0.4, -0.2) is 52.2 Å². The van der Waals surface area contributed by atoms with Crippen LogP contribution >= 0.6 is 0 Å². The lowest BCUT2D eigenvalue weighted by atomic mass is 9.92. The Kier molecular flexibility index (Phi) is 5.54. The van der Waals surface area contributed by atoms with Crippen LogP contribution < -0.4 is 20.3 Å². The van der Waals surface area contributed by atoms with E-state index in [0.717, 1.165) is 61.1 Å². The number of hydrogen-bond donors (Lipinski definition) is 1. The minimum Gasteiger partial charge on any atom is -0.454 e. The summed E-state index contributed by atoms with van der Waals surface area (Å²) in [5.74, 6) is 2.99. The minimum absolute atomic E-state index is 0.303. The van der Waals surface area contributed by atoms with E-state index in [9.17, 15) is 0 Å². The summed E-state index contributed by atoms with van der Waals surface area (Å²) in [6, 6.07) is 12.2. The van der Waals surface area contributed by atoms with Gasteiger partial charge in [0.15, 0.2) is 11.5 Å². The molecule has 0 saturated carbocycles. The second-order valence-corrected chi connectivity index (χ2v) is 8.82. The molecule has 0 spiro atoms. The molecule has 170 valence electrons. The molecule has 1 fully saturated rings. The summed E-state index contributed by atoms with van der Waals surface area (Å²) >= 11 is 0. The van der Waals surface area contributed by atoms with Gasteiger partial charge in [0.2, 0.25) is 6.79 Å². The highest BCUT2D eigenvalue weighted by molar-refractivity contribution is 6.36. The molecule has 0 aliphatic carbocycles. The van der Waals surface area contributed by atoms with Crippen molar-refractivity contribution in [3.8, 4) is 11.5 Å². The van der Waals surface area contributed by atoms with E-state index in [4.69, 9.17) is 22.3 Å². The van der Waals surface area contributed by atoms with E-state index in [2.05, 4.69) is 32.4 Å². The van der Waals surface area contributed by atoms with Crippen molar-refractivity contribution in [2.75, 3.05) is 25.2 Å². The number of nitrogens with zero attached hydrogens (tertiary/aromatic N) is 5. The highest BCUT2D eigenvalue weighted by Gasteiger charge is 2.25. The topological polar surface area (TPSA) is 76.8 Å². The molecule has 0 atom stereocenters. The van der Waals surface area contributed by atoms with E-state index >= 15 is 0 Å². The third-order valence-corrected chi connectivity index (χ3v) is 6.59. The van der Waals surface area contributed by atoms with Crippen LogP contribution in [0.15, 0.2) is 55.0 Å². The second kappa shape index (κ2) is 8.98. The number of anilines is 1. The third-order valence-electron chi connectivity index (χ3n) is 6.59. The van der Waals surface area contributed by atoms with Gasteiger partial charge in [0.25, 0.3) is 0 Å². The van der Waals surface area contributed by atoms with Gasteiger partial charge in [-0.1, -0.05) is 18.2 Å². The van der Waals surface area contributed by atoms with Crippen molar-refractivity contribution >= 4 is 24.8 Å². The van der Waals surface area contributed by atoms with Gasteiger partial charge in [0.1, 0.15) is 19.3 Å². The Morgan fingerprint density at radius 2 is 2.00 bits per heavy atom. The lowest BCUT2D eigenvalue weighted by Gasteiger charge is -2.32. The molecule has 1 aromatic carbocycles. The first kappa shape index (κ1) is 21.0. The highest BCUT2D eigenvalue weighted by atomic mass is 16.7. The molecule has 0 unspecified atom stereocenters. The Bertz CT molecular complexity index is 1300. The molecule has 6 rings (SSSR count). The zero-order valence-corrected chi connectivity index (χ0v) is 18.9. The largest absolute Gasteiger partial charge is 0.454 e. The first-order valence-electron chi connectivity index (χ1n) is 11.6. The maximum atomic E-state index is 6.19. The van der Waals surface area contributed by atoms with E-state index in [1.54, 1.807) is 16.9 Å². The number of likely N-dealkylation sites (tertiary alicyclic amines) is 1. The fourth-order valence-corrected chi connectivity index (χ4v) is 4.77. The standard InChI is InChI=1S/C25H25BN6O2/c26-20-14-29-32-23(28-13-17-3-2-8-27-12-17)11-21(30-25(20)32)18-6-9-31(10-7-18)15-19-4-1-5-22-24(19)34-16-33-22/h1-5,8,11-12,14,18,28H,6-7,9-10,13,15-16H2. The molecule has 3 aromatic heterocycles. The molecule has 4 aromatic rings. The average molecular weight is 452 g/mol. The van der Waals surface area contributed by atoms with Gasteiger partial charge in [-0.3, -0.25) is 9.88 Å². The predicted octanol–water partition coefficient (Wildman–Crippen LogP) is 2.64. The number of aromatic nitrogens is 4. The van der Waals surface area contributed by atoms with Crippen molar-refractivity contribution in [3.05, 3.63) is 71.8 Å². The second-order valence-electron chi connectivity index (χ2n) is 8.82. The monoisotopic (exact) mass is 452 g/mol. The van der Waals surface area contributed by atoms with Crippen molar-refractivity contribution in [3.63, 3.8) is 0 Å². The molecule has 2 aliphatic heterocycles. The summed E-state index contributed by atoms with van der Waals surface area (Å²) in [5.41, 5.74) is 4.63. The summed E-state index contributed by atoms with van der Waals surface area (Å²) < 4.78 is 13.0. The first-order chi connectivity index (χ1) is 16.7. The van der Waals surface area contributed by atoms with E-state index < -0.39 is 0 Å². The van der Waals surface area contributed by atoms with Crippen LogP contribution in [0.5, 0.6) is 11.5 Å². The number of fused-ring (bicyclic) bond motifs is 2. The number of ether oxygens (including phenoxy) is 2. The molecule has 9 heteroatoms. The maximum absolute atomic E-state index is 6.19. The first-order valence-corrected chi connectivity index (χ1v) is 11.6. The molecule has 1 N–H and O–H groups in total. The normalized spacial score (nSPS) is 16.2. The summed E-state index contributed by atoms with van der Waals surface area (Å²) in [5, 5.41) is 7.92. The molecule has 1 saturated heterocycles. The number of rotatable bonds is 6. The smallest absolute Gasteiger partial charge is 0.231 e. The van der Waals surface area contributed by atoms with Crippen molar-refractivity contribution in [2.45, 2.75) is 31.8 Å². The van der Waals surface area contributed by atoms with Crippen molar-refractivity contribution < 1.29 is 9.47 Å². The van der Waals surface area contributed by atoms with Crippen LogP contribution in [0, 0.1) is 0 Å². The van der Waals surface area contributed by atoms with Crippen LogP contribution in [0.3, 0.4) is 0 Å². The number of benzene rings is 1. The third kappa shape index (κ3) is 4.07. The quantitative estimate of drug-likeness (QED) is 0.451.